The van der Waals surface area contributed by atoms with Gasteiger partial charge in [0.2, 0.25) is 0 Å². The van der Waals surface area contributed by atoms with Crippen LogP contribution in [0.2, 0.25) is 0 Å². The average Bonchev–Trinajstić information content (AvgIpc) is 3.01. The van der Waals surface area contributed by atoms with E-state index in [2.05, 4.69) is 0 Å². The predicted molar refractivity (Wildman–Crippen MR) is 89.6 cm³/mol. The Labute approximate surface area is 142 Å². The standard InChI is InChI=1S/C16H12N2O6S/c1-24-12-5-7-13(8-6-12)25(22,23)17-9-11(10-19)16-14(17)3-2-4-15(16)18(20)21/h2-10H,1H3. The molecular formula is C16H12N2O6S. The number of nitro benzene ring substituents is 1. The molecule has 0 saturated carbocycles. The molecule has 0 aliphatic heterocycles. The molecule has 0 N–H and O–H groups in total. The number of fused-ring (bicyclic) bond motifs is 1. The van der Waals surface area contributed by atoms with Crippen LogP contribution in [0.4, 0.5) is 5.69 Å². The lowest BCUT2D eigenvalue weighted by Crippen LogP contribution is -2.11. The molecule has 3 rings (SSSR count). The lowest BCUT2D eigenvalue weighted by atomic mass is 10.1. The third-order valence-corrected chi connectivity index (χ3v) is 5.43. The quantitative estimate of drug-likeness (QED) is 0.393. The fraction of sp³-hybridized carbons (Fsp3) is 0.0625. The summed E-state index contributed by atoms with van der Waals surface area (Å²) in [6.07, 6.45) is 1.49. The van der Waals surface area contributed by atoms with Crippen molar-refractivity contribution in [3.8, 4) is 5.75 Å². The van der Waals surface area contributed by atoms with Crippen molar-refractivity contribution in [2.75, 3.05) is 7.11 Å². The second-order valence-corrected chi connectivity index (χ2v) is 6.92. The van der Waals surface area contributed by atoms with E-state index in [1.807, 2.05) is 0 Å². The van der Waals surface area contributed by atoms with Crippen LogP contribution in [-0.2, 0) is 10.0 Å². The van der Waals surface area contributed by atoms with E-state index in [0.29, 0.717) is 12.0 Å². The van der Waals surface area contributed by atoms with Crippen LogP contribution in [-0.4, -0.2) is 30.7 Å². The van der Waals surface area contributed by atoms with Crippen LogP contribution in [0.15, 0.2) is 53.6 Å². The van der Waals surface area contributed by atoms with Gasteiger partial charge >= 0.3 is 0 Å². The molecule has 0 radical (unpaired) electrons. The van der Waals surface area contributed by atoms with Gasteiger partial charge in [-0.25, -0.2) is 12.4 Å². The number of nitrogens with zero attached hydrogens (tertiary/aromatic N) is 2. The molecule has 1 heterocycles. The fourth-order valence-electron chi connectivity index (χ4n) is 2.57. The van der Waals surface area contributed by atoms with Gasteiger partial charge in [-0.2, -0.15) is 0 Å². The minimum absolute atomic E-state index is 0.0143. The minimum atomic E-state index is -4.04. The highest BCUT2D eigenvalue weighted by atomic mass is 32.2. The molecule has 0 aliphatic rings. The van der Waals surface area contributed by atoms with E-state index in [9.17, 15) is 23.3 Å². The second-order valence-electron chi connectivity index (χ2n) is 5.11. The monoisotopic (exact) mass is 360 g/mol. The first kappa shape index (κ1) is 16.7. The first-order valence-electron chi connectivity index (χ1n) is 7.03. The van der Waals surface area contributed by atoms with Crippen molar-refractivity contribution in [2.24, 2.45) is 0 Å². The molecule has 3 aromatic rings. The zero-order chi connectivity index (χ0) is 18.2. The number of aldehydes is 1. The Morgan fingerprint density at radius 3 is 2.40 bits per heavy atom. The Hall–Kier alpha value is -3.20. The Kier molecular flexibility index (Phi) is 4.01. The molecule has 0 atom stereocenters. The number of carbonyl (C=O) groups is 1. The summed E-state index contributed by atoms with van der Waals surface area (Å²) in [7, 11) is -2.59. The van der Waals surface area contributed by atoms with Gasteiger partial charge < -0.3 is 4.74 Å². The Morgan fingerprint density at radius 1 is 1.16 bits per heavy atom. The number of methoxy groups -OCH3 is 1. The fourth-order valence-corrected chi connectivity index (χ4v) is 3.94. The zero-order valence-electron chi connectivity index (χ0n) is 12.9. The van der Waals surface area contributed by atoms with E-state index in [1.165, 1.54) is 49.6 Å². The van der Waals surface area contributed by atoms with Crippen LogP contribution >= 0.6 is 0 Å². The molecule has 0 saturated heterocycles. The lowest BCUT2D eigenvalue weighted by molar-refractivity contribution is -0.383. The van der Waals surface area contributed by atoms with Crippen molar-refractivity contribution in [1.82, 2.24) is 3.97 Å². The van der Waals surface area contributed by atoms with Crippen LogP contribution in [0, 0.1) is 10.1 Å². The average molecular weight is 360 g/mol. The largest absolute Gasteiger partial charge is 0.497 e. The molecular weight excluding hydrogens is 348 g/mol. The smallest absolute Gasteiger partial charge is 0.279 e. The first-order chi connectivity index (χ1) is 11.9. The normalized spacial score (nSPS) is 11.4. The number of non-ortho nitro benzene ring substituents is 1. The van der Waals surface area contributed by atoms with Crippen molar-refractivity contribution in [2.45, 2.75) is 4.90 Å². The predicted octanol–water partition coefficient (Wildman–Crippen LogP) is 2.61. The Bertz CT molecular complexity index is 1080. The van der Waals surface area contributed by atoms with Crippen molar-refractivity contribution >= 4 is 32.9 Å². The Balaban J connectivity index is 2.29. The molecule has 0 amide bonds. The number of nitro groups is 1. The zero-order valence-corrected chi connectivity index (χ0v) is 13.8. The minimum Gasteiger partial charge on any atom is -0.497 e. The number of hydrogen-bond acceptors (Lipinski definition) is 6. The van der Waals surface area contributed by atoms with Crippen molar-refractivity contribution in [3.63, 3.8) is 0 Å². The molecule has 128 valence electrons. The molecule has 25 heavy (non-hydrogen) atoms. The van der Waals surface area contributed by atoms with Gasteiger partial charge in [-0.05, 0) is 30.3 Å². The highest BCUT2D eigenvalue weighted by molar-refractivity contribution is 7.90. The third kappa shape index (κ3) is 2.64. The van der Waals surface area contributed by atoms with E-state index in [-0.39, 0.29) is 27.0 Å². The topological polar surface area (TPSA) is 109 Å². The number of ether oxygens (including phenoxy) is 1. The first-order valence-corrected chi connectivity index (χ1v) is 8.47. The van der Waals surface area contributed by atoms with Crippen LogP contribution in [0.3, 0.4) is 0 Å². The van der Waals surface area contributed by atoms with Gasteiger partial charge in [0.15, 0.2) is 6.29 Å². The van der Waals surface area contributed by atoms with Gasteiger partial charge in [-0.1, -0.05) is 6.07 Å². The van der Waals surface area contributed by atoms with E-state index in [0.717, 1.165) is 10.2 Å². The van der Waals surface area contributed by atoms with Crippen LogP contribution < -0.4 is 4.74 Å². The Morgan fingerprint density at radius 2 is 1.84 bits per heavy atom. The molecule has 0 bridgehead atoms. The summed E-state index contributed by atoms with van der Waals surface area (Å²) in [6.45, 7) is 0. The van der Waals surface area contributed by atoms with Crippen LogP contribution in [0.1, 0.15) is 10.4 Å². The lowest BCUT2D eigenvalue weighted by Gasteiger charge is -2.08. The maximum atomic E-state index is 12.9. The number of rotatable bonds is 5. The molecule has 9 heteroatoms. The van der Waals surface area contributed by atoms with Gasteiger partial charge in [0.05, 0.1) is 27.8 Å². The van der Waals surface area contributed by atoms with Crippen molar-refractivity contribution in [1.29, 1.82) is 0 Å². The van der Waals surface area contributed by atoms with E-state index >= 15 is 0 Å². The number of carbonyl (C=O) groups excluding carboxylic acids is 1. The summed E-state index contributed by atoms with van der Waals surface area (Å²) in [5.74, 6) is 0.487. The highest BCUT2D eigenvalue weighted by Crippen LogP contribution is 2.32. The molecule has 8 nitrogen and oxygen atoms in total. The third-order valence-electron chi connectivity index (χ3n) is 3.74. The van der Waals surface area contributed by atoms with Crippen molar-refractivity contribution < 1.29 is 22.9 Å². The van der Waals surface area contributed by atoms with Gasteiger partial charge in [-0.3, -0.25) is 14.9 Å². The van der Waals surface area contributed by atoms with E-state index in [1.54, 1.807) is 0 Å². The highest BCUT2D eigenvalue weighted by Gasteiger charge is 2.25. The molecule has 0 unspecified atom stereocenters. The second kappa shape index (κ2) is 6.02. The number of hydrogen-bond donors (Lipinski definition) is 0. The summed E-state index contributed by atoms with van der Waals surface area (Å²) in [6, 6.07) is 9.70. The molecule has 1 aromatic heterocycles. The van der Waals surface area contributed by atoms with Gasteiger partial charge in [0, 0.05) is 17.8 Å². The molecule has 0 aliphatic carbocycles. The SMILES string of the molecule is COc1ccc(S(=O)(=O)n2cc(C=O)c3c([N+](=O)[O-])cccc32)cc1. The summed E-state index contributed by atoms with van der Waals surface area (Å²) >= 11 is 0. The number of benzene rings is 2. The van der Waals surface area contributed by atoms with Gasteiger partial charge in [0.1, 0.15) is 5.75 Å². The van der Waals surface area contributed by atoms with E-state index < -0.39 is 14.9 Å². The molecule has 2 aromatic carbocycles. The summed E-state index contributed by atoms with van der Waals surface area (Å²) < 4.78 is 31.7. The maximum Gasteiger partial charge on any atom is 0.279 e. The van der Waals surface area contributed by atoms with Crippen LogP contribution in [0.5, 0.6) is 5.75 Å². The van der Waals surface area contributed by atoms with Gasteiger partial charge in [-0.15, -0.1) is 0 Å². The number of aromatic nitrogens is 1. The van der Waals surface area contributed by atoms with Crippen LogP contribution in [0.25, 0.3) is 10.9 Å². The van der Waals surface area contributed by atoms with Crippen molar-refractivity contribution in [3.05, 3.63) is 64.3 Å². The van der Waals surface area contributed by atoms with E-state index in [4.69, 9.17) is 4.74 Å². The molecule has 0 fully saturated rings. The van der Waals surface area contributed by atoms with Gasteiger partial charge in [0.25, 0.3) is 15.7 Å². The summed E-state index contributed by atoms with van der Waals surface area (Å²) in [5.41, 5.74) is -0.338. The summed E-state index contributed by atoms with van der Waals surface area (Å²) in [4.78, 5) is 21.8. The summed E-state index contributed by atoms with van der Waals surface area (Å²) in [5, 5.41) is 11.2. The molecule has 0 spiro atoms. The maximum absolute atomic E-state index is 12.9.